The van der Waals surface area contributed by atoms with E-state index in [4.69, 9.17) is 15.0 Å². The van der Waals surface area contributed by atoms with Gasteiger partial charge >= 0.3 is 0 Å². The molecule has 0 aliphatic heterocycles. The van der Waals surface area contributed by atoms with Gasteiger partial charge in [-0.2, -0.15) is 0 Å². The average Bonchev–Trinajstić information content (AvgIpc) is 3.80. The van der Waals surface area contributed by atoms with E-state index in [-0.39, 0.29) is 0 Å². The second-order valence-corrected chi connectivity index (χ2v) is 14.1. The van der Waals surface area contributed by atoms with E-state index in [1.165, 1.54) is 43.7 Å². The first kappa shape index (κ1) is 31.9. The molecule has 0 spiro atoms. The number of rotatable bonds is 6. The average molecular weight is 716 g/mol. The van der Waals surface area contributed by atoms with E-state index in [2.05, 4.69) is 149 Å². The molecule has 3 heterocycles. The molecule has 3 aromatic heterocycles. The van der Waals surface area contributed by atoms with Crippen LogP contribution in [-0.4, -0.2) is 24.1 Å². The fourth-order valence-corrected chi connectivity index (χ4v) is 8.16. The van der Waals surface area contributed by atoms with E-state index in [0.29, 0.717) is 17.5 Å². The first-order valence-electron chi connectivity index (χ1n) is 18.9. The van der Waals surface area contributed by atoms with E-state index in [1.54, 1.807) is 0 Å². The van der Waals surface area contributed by atoms with Gasteiger partial charge in [0, 0.05) is 49.6 Å². The van der Waals surface area contributed by atoms with Crippen molar-refractivity contribution in [3.05, 3.63) is 200 Å². The maximum atomic E-state index is 5.01. The smallest absolute Gasteiger partial charge is 0.164 e. The van der Waals surface area contributed by atoms with Gasteiger partial charge < -0.3 is 9.13 Å². The summed E-state index contributed by atoms with van der Waals surface area (Å²) in [6, 6.07) is 70.4. The van der Waals surface area contributed by atoms with E-state index >= 15 is 0 Å². The Morgan fingerprint density at radius 1 is 0.250 bits per heavy atom. The normalized spacial score (nSPS) is 11.6. The maximum Gasteiger partial charge on any atom is 0.164 e. The molecule has 56 heavy (non-hydrogen) atoms. The highest BCUT2D eigenvalue weighted by molar-refractivity contribution is 6.11. The van der Waals surface area contributed by atoms with Crippen molar-refractivity contribution in [1.29, 1.82) is 0 Å². The van der Waals surface area contributed by atoms with Crippen LogP contribution in [0.15, 0.2) is 200 Å². The molecule has 0 bridgehead atoms. The Balaban J connectivity index is 1.01. The van der Waals surface area contributed by atoms with Gasteiger partial charge in [-0.15, -0.1) is 0 Å². The lowest BCUT2D eigenvalue weighted by molar-refractivity contribution is 1.07. The van der Waals surface area contributed by atoms with Gasteiger partial charge in [0.05, 0.1) is 22.1 Å². The first-order chi connectivity index (χ1) is 27.8. The van der Waals surface area contributed by atoms with E-state index in [1.807, 2.05) is 60.7 Å². The summed E-state index contributed by atoms with van der Waals surface area (Å²) in [4.78, 5) is 14.9. The summed E-state index contributed by atoms with van der Waals surface area (Å²) in [7, 11) is 0. The molecule has 5 nitrogen and oxygen atoms in total. The van der Waals surface area contributed by atoms with Gasteiger partial charge in [-0.25, -0.2) is 15.0 Å². The van der Waals surface area contributed by atoms with E-state index in [9.17, 15) is 0 Å². The van der Waals surface area contributed by atoms with Crippen LogP contribution in [0.5, 0.6) is 0 Å². The Labute approximate surface area is 323 Å². The van der Waals surface area contributed by atoms with Gasteiger partial charge in [0.15, 0.2) is 17.5 Å². The van der Waals surface area contributed by atoms with Crippen LogP contribution in [0.3, 0.4) is 0 Å². The standard InChI is InChI=1S/C51H33N5/c1-3-14-35(15-4-1)49-52-50(36-16-5-2-6-17-36)54-51(53-49)38-18-13-19-40(32-38)56-47-25-12-9-22-43(47)44-33-37(28-31-48(44)56)34-26-29-39(30-27-34)55-45-23-10-7-20-41(45)42-21-8-11-24-46(42)55/h1-33H. The number of aromatic nitrogens is 5. The molecule has 0 N–H and O–H groups in total. The number of benzene rings is 8. The van der Waals surface area contributed by atoms with Gasteiger partial charge in [-0.3, -0.25) is 0 Å². The second kappa shape index (κ2) is 13.0. The van der Waals surface area contributed by atoms with Crippen LogP contribution >= 0.6 is 0 Å². The molecule has 11 rings (SSSR count). The summed E-state index contributed by atoms with van der Waals surface area (Å²) in [5.74, 6) is 1.92. The van der Waals surface area contributed by atoms with Crippen molar-refractivity contribution in [3.63, 3.8) is 0 Å². The van der Waals surface area contributed by atoms with Crippen molar-refractivity contribution in [1.82, 2.24) is 24.1 Å². The molecule has 0 atom stereocenters. The van der Waals surface area contributed by atoms with Gasteiger partial charge in [-0.1, -0.05) is 146 Å². The lowest BCUT2D eigenvalue weighted by atomic mass is 10.0. The monoisotopic (exact) mass is 715 g/mol. The molecule has 11 aromatic rings. The minimum atomic E-state index is 0.631. The van der Waals surface area contributed by atoms with Gasteiger partial charge in [-0.05, 0) is 65.7 Å². The third-order valence-corrected chi connectivity index (χ3v) is 10.8. The van der Waals surface area contributed by atoms with Crippen molar-refractivity contribution in [2.45, 2.75) is 0 Å². The number of hydrogen-bond acceptors (Lipinski definition) is 3. The highest BCUT2D eigenvalue weighted by atomic mass is 15.0. The molecule has 0 amide bonds. The van der Waals surface area contributed by atoms with Crippen LogP contribution < -0.4 is 0 Å². The Morgan fingerprint density at radius 2 is 0.679 bits per heavy atom. The van der Waals surface area contributed by atoms with Crippen molar-refractivity contribution < 1.29 is 0 Å². The molecule has 5 heteroatoms. The number of fused-ring (bicyclic) bond motifs is 6. The number of para-hydroxylation sites is 3. The van der Waals surface area contributed by atoms with Crippen molar-refractivity contribution in [2.75, 3.05) is 0 Å². The molecule has 0 aliphatic carbocycles. The molecule has 0 radical (unpaired) electrons. The van der Waals surface area contributed by atoms with E-state index in [0.717, 1.165) is 39.1 Å². The van der Waals surface area contributed by atoms with E-state index < -0.39 is 0 Å². The Morgan fingerprint density at radius 3 is 1.25 bits per heavy atom. The zero-order chi connectivity index (χ0) is 37.0. The highest BCUT2D eigenvalue weighted by Crippen LogP contribution is 2.37. The maximum absolute atomic E-state index is 5.01. The van der Waals surface area contributed by atoms with Crippen LogP contribution in [0.1, 0.15) is 0 Å². The predicted molar refractivity (Wildman–Crippen MR) is 230 cm³/mol. The summed E-state index contributed by atoms with van der Waals surface area (Å²) in [5, 5.41) is 4.94. The molecule has 0 saturated heterocycles. The van der Waals surface area contributed by atoms with Crippen LogP contribution in [-0.2, 0) is 0 Å². The summed E-state index contributed by atoms with van der Waals surface area (Å²) < 4.78 is 4.71. The van der Waals surface area contributed by atoms with Crippen LogP contribution in [0.25, 0.3) is 100 Å². The Bertz CT molecular complexity index is 3120. The SMILES string of the molecule is c1ccc(-c2nc(-c3ccccc3)nc(-c3cccc(-n4c5ccccc5c5cc(-c6ccc(-n7c8ccccc8c8ccccc87)cc6)ccc54)c3)n2)cc1. The summed E-state index contributed by atoms with van der Waals surface area (Å²) in [6.45, 7) is 0. The summed E-state index contributed by atoms with van der Waals surface area (Å²) >= 11 is 0. The lowest BCUT2D eigenvalue weighted by Gasteiger charge is -2.12. The van der Waals surface area contributed by atoms with Crippen LogP contribution in [0.4, 0.5) is 0 Å². The molecule has 262 valence electrons. The minimum Gasteiger partial charge on any atom is -0.309 e. The Hall–Kier alpha value is -7.63. The zero-order valence-electron chi connectivity index (χ0n) is 30.3. The van der Waals surface area contributed by atoms with Crippen LogP contribution in [0, 0.1) is 0 Å². The third kappa shape index (κ3) is 5.29. The largest absolute Gasteiger partial charge is 0.309 e. The number of nitrogens with zero attached hydrogens (tertiary/aromatic N) is 5. The predicted octanol–water partition coefficient (Wildman–Crippen LogP) is 12.7. The topological polar surface area (TPSA) is 48.5 Å². The Kier molecular flexibility index (Phi) is 7.42. The molecule has 0 saturated carbocycles. The fourth-order valence-electron chi connectivity index (χ4n) is 8.16. The van der Waals surface area contributed by atoms with Crippen LogP contribution in [0.2, 0.25) is 0 Å². The van der Waals surface area contributed by atoms with Crippen molar-refractivity contribution >= 4 is 43.6 Å². The minimum absolute atomic E-state index is 0.631. The second-order valence-electron chi connectivity index (χ2n) is 14.1. The van der Waals surface area contributed by atoms with Gasteiger partial charge in [0.25, 0.3) is 0 Å². The van der Waals surface area contributed by atoms with Crippen molar-refractivity contribution in [3.8, 4) is 56.7 Å². The third-order valence-electron chi connectivity index (χ3n) is 10.8. The first-order valence-corrected chi connectivity index (χ1v) is 18.9. The van der Waals surface area contributed by atoms with Crippen molar-refractivity contribution in [2.24, 2.45) is 0 Å². The molecular weight excluding hydrogens is 683 g/mol. The molecule has 8 aromatic carbocycles. The highest BCUT2D eigenvalue weighted by Gasteiger charge is 2.17. The quantitative estimate of drug-likeness (QED) is 0.172. The van der Waals surface area contributed by atoms with Gasteiger partial charge in [0.1, 0.15) is 0 Å². The molecule has 0 unspecified atom stereocenters. The summed E-state index contributed by atoms with van der Waals surface area (Å²) in [6.07, 6.45) is 0. The molecule has 0 aliphatic rings. The summed E-state index contributed by atoms with van der Waals surface area (Å²) in [5.41, 5.74) is 12.1. The molecule has 0 fully saturated rings. The van der Waals surface area contributed by atoms with Gasteiger partial charge in [0.2, 0.25) is 0 Å². The fraction of sp³-hybridized carbons (Fsp3) is 0. The lowest BCUT2D eigenvalue weighted by Crippen LogP contribution is -2.01. The zero-order valence-corrected chi connectivity index (χ0v) is 30.3. The number of hydrogen-bond donors (Lipinski definition) is 0. The molecular formula is C51H33N5.